The molecule has 3 heterocycles. The summed E-state index contributed by atoms with van der Waals surface area (Å²) < 4.78 is 53.7. The van der Waals surface area contributed by atoms with E-state index < -0.39 is 23.2 Å². The third kappa shape index (κ3) is 2.68. The van der Waals surface area contributed by atoms with Gasteiger partial charge in [0.15, 0.2) is 0 Å². The third-order valence-corrected chi connectivity index (χ3v) is 3.43. The lowest BCUT2D eigenvalue weighted by Crippen LogP contribution is -2.17. The lowest BCUT2D eigenvalue weighted by molar-refractivity contribution is -0.137. The Bertz CT molecular complexity index is 981. The van der Waals surface area contributed by atoms with Crippen LogP contribution in [0.2, 0.25) is 0 Å². The Hall–Kier alpha value is -2.97. The Morgan fingerprint density at radius 3 is 2.58 bits per heavy atom. The SMILES string of the molecule is CNc1nc(=O)c(-c2ccnc(F)c2)c2cc(C(F)(F)F)ccn12. The highest BCUT2D eigenvalue weighted by molar-refractivity contribution is 5.80. The van der Waals surface area contributed by atoms with Gasteiger partial charge in [-0.25, -0.2) is 4.98 Å². The number of rotatable bonds is 2. The van der Waals surface area contributed by atoms with E-state index in [-0.39, 0.29) is 22.6 Å². The molecule has 0 fully saturated rings. The van der Waals surface area contributed by atoms with Gasteiger partial charge >= 0.3 is 6.18 Å². The van der Waals surface area contributed by atoms with Crippen molar-refractivity contribution in [1.29, 1.82) is 0 Å². The first kappa shape index (κ1) is 15.9. The van der Waals surface area contributed by atoms with Crippen LogP contribution in [0.5, 0.6) is 0 Å². The summed E-state index contributed by atoms with van der Waals surface area (Å²) in [5, 5.41) is 2.64. The van der Waals surface area contributed by atoms with Crippen LogP contribution in [-0.2, 0) is 6.18 Å². The molecule has 24 heavy (non-hydrogen) atoms. The monoisotopic (exact) mass is 338 g/mol. The number of pyridine rings is 2. The number of hydrogen-bond acceptors (Lipinski definition) is 4. The Labute approximate surface area is 132 Å². The summed E-state index contributed by atoms with van der Waals surface area (Å²) in [5.41, 5.74) is -1.78. The predicted molar refractivity (Wildman–Crippen MR) is 79.2 cm³/mol. The van der Waals surface area contributed by atoms with Crippen molar-refractivity contribution in [2.45, 2.75) is 6.18 Å². The molecule has 0 unspecified atom stereocenters. The van der Waals surface area contributed by atoms with Gasteiger partial charge in [0.2, 0.25) is 11.9 Å². The molecule has 0 spiro atoms. The fourth-order valence-corrected chi connectivity index (χ4v) is 2.37. The molecule has 0 radical (unpaired) electrons. The number of halogens is 4. The number of anilines is 1. The maximum Gasteiger partial charge on any atom is 0.416 e. The summed E-state index contributed by atoms with van der Waals surface area (Å²) in [6.45, 7) is 0. The van der Waals surface area contributed by atoms with Crippen LogP contribution in [0, 0.1) is 5.95 Å². The van der Waals surface area contributed by atoms with Gasteiger partial charge in [-0.15, -0.1) is 0 Å². The number of hydrogen-bond donors (Lipinski definition) is 1. The van der Waals surface area contributed by atoms with Crippen molar-refractivity contribution < 1.29 is 17.6 Å². The molecule has 0 atom stereocenters. The third-order valence-electron chi connectivity index (χ3n) is 3.43. The summed E-state index contributed by atoms with van der Waals surface area (Å²) in [6.07, 6.45) is -2.31. The Kier molecular flexibility index (Phi) is 3.70. The van der Waals surface area contributed by atoms with Crippen LogP contribution in [0.25, 0.3) is 16.6 Å². The fraction of sp³-hybridized carbons (Fsp3) is 0.133. The molecule has 0 aliphatic heterocycles. The molecule has 0 aromatic carbocycles. The van der Waals surface area contributed by atoms with Gasteiger partial charge in [0.05, 0.1) is 16.6 Å². The number of aromatic nitrogens is 3. The van der Waals surface area contributed by atoms with Crippen LogP contribution in [0.4, 0.5) is 23.5 Å². The largest absolute Gasteiger partial charge is 0.416 e. The van der Waals surface area contributed by atoms with Crippen LogP contribution >= 0.6 is 0 Å². The minimum Gasteiger partial charge on any atom is -0.358 e. The molecule has 3 aromatic rings. The average molecular weight is 338 g/mol. The van der Waals surface area contributed by atoms with Crippen molar-refractivity contribution in [3.05, 3.63) is 58.5 Å². The molecule has 0 saturated carbocycles. The van der Waals surface area contributed by atoms with E-state index in [2.05, 4.69) is 15.3 Å². The van der Waals surface area contributed by atoms with Crippen molar-refractivity contribution in [3.8, 4) is 11.1 Å². The summed E-state index contributed by atoms with van der Waals surface area (Å²) in [5.74, 6) is -0.781. The zero-order valence-corrected chi connectivity index (χ0v) is 12.2. The van der Waals surface area contributed by atoms with Crippen molar-refractivity contribution in [2.75, 3.05) is 12.4 Å². The van der Waals surface area contributed by atoms with Gasteiger partial charge in [0.25, 0.3) is 5.56 Å². The molecular weight excluding hydrogens is 328 g/mol. The topological polar surface area (TPSA) is 59.3 Å². The van der Waals surface area contributed by atoms with Crippen molar-refractivity contribution in [3.63, 3.8) is 0 Å². The maximum atomic E-state index is 13.4. The van der Waals surface area contributed by atoms with E-state index >= 15 is 0 Å². The standard InChI is InChI=1S/C15H10F4N4O/c1-20-14-22-13(24)12(8-2-4-21-11(16)6-8)10-7-9(15(17,18)19)3-5-23(10)14/h2-7H,1H3,(H,20,22,24). The summed E-state index contributed by atoms with van der Waals surface area (Å²) >= 11 is 0. The van der Waals surface area contributed by atoms with Crippen molar-refractivity contribution in [1.82, 2.24) is 14.4 Å². The molecule has 0 amide bonds. The molecule has 3 aromatic heterocycles. The molecule has 124 valence electrons. The van der Waals surface area contributed by atoms with Crippen LogP contribution < -0.4 is 10.9 Å². The van der Waals surface area contributed by atoms with E-state index in [9.17, 15) is 22.4 Å². The number of nitrogens with zero attached hydrogens (tertiary/aromatic N) is 3. The normalized spacial score (nSPS) is 11.7. The molecule has 0 aliphatic rings. The van der Waals surface area contributed by atoms with E-state index in [0.717, 1.165) is 30.6 Å². The quantitative estimate of drug-likeness (QED) is 0.576. The lowest BCUT2D eigenvalue weighted by Gasteiger charge is -2.14. The average Bonchev–Trinajstić information content (AvgIpc) is 2.52. The molecule has 3 rings (SSSR count). The highest BCUT2D eigenvalue weighted by Gasteiger charge is 2.31. The molecule has 0 saturated heterocycles. The highest BCUT2D eigenvalue weighted by atomic mass is 19.4. The molecule has 0 aliphatic carbocycles. The molecular formula is C15H10F4N4O. The van der Waals surface area contributed by atoms with E-state index in [0.29, 0.717) is 0 Å². The zero-order valence-electron chi connectivity index (χ0n) is 12.2. The zero-order chi connectivity index (χ0) is 17.5. The summed E-state index contributed by atoms with van der Waals surface area (Å²) in [4.78, 5) is 19.5. The maximum absolute atomic E-state index is 13.4. The minimum atomic E-state index is -4.58. The van der Waals surface area contributed by atoms with Gasteiger partial charge in [-0.05, 0) is 23.8 Å². The number of nitrogens with one attached hydrogen (secondary N) is 1. The van der Waals surface area contributed by atoms with Crippen LogP contribution in [0.1, 0.15) is 5.56 Å². The van der Waals surface area contributed by atoms with Crippen LogP contribution in [-0.4, -0.2) is 21.4 Å². The second-order valence-corrected chi connectivity index (χ2v) is 4.90. The first-order chi connectivity index (χ1) is 11.3. The summed E-state index contributed by atoms with van der Waals surface area (Å²) in [6, 6.07) is 4.01. The van der Waals surface area contributed by atoms with E-state index in [1.165, 1.54) is 17.5 Å². The second kappa shape index (κ2) is 5.59. The molecule has 9 heteroatoms. The van der Waals surface area contributed by atoms with E-state index in [1.807, 2.05) is 0 Å². The lowest BCUT2D eigenvalue weighted by atomic mass is 10.1. The second-order valence-electron chi connectivity index (χ2n) is 4.90. The fourth-order valence-electron chi connectivity index (χ4n) is 2.37. The van der Waals surface area contributed by atoms with Gasteiger partial charge in [-0.2, -0.15) is 22.5 Å². The predicted octanol–water partition coefficient (Wildman–Crippen LogP) is 2.96. The first-order valence-corrected chi connectivity index (χ1v) is 6.74. The van der Waals surface area contributed by atoms with Gasteiger partial charge in [0.1, 0.15) is 0 Å². The molecule has 1 N–H and O–H groups in total. The van der Waals surface area contributed by atoms with E-state index in [4.69, 9.17) is 0 Å². The van der Waals surface area contributed by atoms with Gasteiger partial charge < -0.3 is 5.32 Å². The smallest absolute Gasteiger partial charge is 0.358 e. The number of fused-ring (bicyclic) bond motifs is 1. The number of alkyl halides is 3. The minimum absolute atomic E-state index is 0.0419. The Morgan fingerprint density at radius 2 is 1.96 bits per heavy atom. The Morgan fingerprint density at radius 1 is 1.21 bits per heavy atom. The molecule has 5 nitrogen and oxygen atoms in total. The first-order valence-electron chi connectivity index (χ1n) is 6.74. The summed E-state index contributed by atoms with van der Waals surface area (Å²) in [7, 11) is 1.48. The molecule has 0 bridgehead atoms. The van der Waals surface area contributed by atoms with Crippen LogP contribution in [0.15, 0.2) is 41.5 Å². The van der Waals surface area contributed by atoms with Gasteiger partial charge in [-0.1, -0.05) is 0 Å². The van der Waals surface area contributed by atoms with Crippen molar-refractivity contribution in [2.24, 2.45) is 0 Å². The van der Waals surface area contributed by atoms with E-state index in [1.54, 1.807) is 0 Å². The van der Waals surface area contributed by atoms with Crippen LogP contribution in [0.3, 0.4) is 0 Å². The highest BCUT2D eigenvalue weighted by Crippen LogP contribution is 2.32. The van der Waals surface area contributed by atoms with Crippen molar-refractivity contribution >= 4 is 11.5 Å². The van der Waals surface area contributed by atoms with Gasteiger partial charge in [-0.3, -0.25) is 9.20 Å². The van der Waals surface area contributed by atoms with Gasteiger partial charge in [0, 0.05) is 25.5 Å². The Balaban J connectivity index is 2.43.